The lowest BCUT2D eigenvalue weighted by Crippen LogP contribution is -2.18. The maximum atomic E-state index is 12.6. The number of carbonyl (C=O) groups excluding carboxylic acids is 2. The fraction of sp³-hybridized carbons (Fsp3) is 0.593. The van der Waals surface area contributed by atoms with Gasteiger partial charge < -0.3 is 10.1 Å². The molecule has 7 heteroatoms. The van der Waals surface area contributed by atoms with Gasteiger partial charge in [-0.1, -0.05) is 6.07 Å². The number of Topliss-reactive ketones (excluding diaryl/α,β-unsaturated/α-hetero) is 1. The number of pyridine rings is 1. The van der Waals surface area contributed by atoms with E-state index in [2.05, 4.69) is 21.4 Å². The van der Waals surface area contributed by atoms with Gasteiger partial charge in [-0.15, -0.1) is 0 Å². The lowest BCUT2D eigenvalue weighted by molar-refractivity contribution is -0.145. The molecule has 0 unspecified atom stereocenters. The number of hydrogen-bond acceptors (Lipinski definition) is 7. The standard InChI is InChI=1S/C27H36N4O3/c1-3-34-27(33)23(21-16-29-18(2)30-17-21)13-12-22(32)8-4-5-9-25-24(19-10-11-19)15-20-7-6-14-28-26(20)31-25/h15-17,19,23H,3-14H2,1-2H3,(H,28,31)/t23-/m1/s1. The number of nitrogens with zero attached hydrogens (tertiary/aromatic N) is 3. The zero-order valence-electron chi connectivity index (χ0n) is 20.4. The number of unbranched alkanes of at least 4 members (excludes halogenated alkanes) is 1. The van der Waals surface area contributed by atoms with E-state index in [0.29, 0.717) is 43.2 Å². The molecule has 0 radical (unpaired) electrons. The average molecular weight is 465 g/mol. The predicted octanol–water partition coefficient (Wildman–Crippen LogP) is 4.82. The maximum Gasteiger partial charge on any atom is 0.313 e. The first kappa shape index (κ1) is 24.3. The van der Waals surface area contributed by atoms with Crippen LogP contribution < -0.4 is 5.32 Å². The molecule has 1 aliphatic carbocycles. The monoisotopic (exact) mass is 464 g/mol. The van der Waals surface area contributed by atoms with Gasteiger partial charge in [0, 0.05) is 43.0 Å². The molecule has 1 saturated carbocycles. The number of ether oxygens (including phenoxy) is 1. The van der Waals surface area contributed by atoms with Crippen LogP contribution in [0.5, 0.6) is 0 Å². The second-order valence-electron chi connectivity index (χ2n) is 9.49. The third-order valence-electron chi connectivity index (χ3n) is 6.75. The molecule has 1 atom stereocenters. The normalized spacial score (nSPS) is 15.8. The van der Waals surface area contributed by atoms with Crippen molar-refractivity contribution >= 4 is 17.6 Å². The van der Waals surface area contributed by atoms with Crippen molar-refractivity contribution in [3.8, 4) is 0 Å². The van der Waals surface area contributed by atoms with Crippen LogP contribution in [0.25, 0.3) is 0 Å². The summed E-state index contributed by atoms with van der Waals surface area (Å²) in [6, 6.07) is 2.39. The van der Waals surface area contributed by atoms with Crippen molar-refractivity contribution in [2.45, 2.75) is 89.9 Å². The summed E-state index contributed by atoms with van der Waals surface area (Å²) in [7, 11) is 0. The molecule has 34 heavy (non-hydrogen) atoms. The Hall–Kier alpha value is -2.83. The second-order valence-corrected chi connectivity index (χ2v) is 9.49. The quantitative estimate of drug-likeness (QED) is 0.355. The number of anilines is 1. The van der Waals surface area contributed by atoms with Crippen LogP contribution in [-0.2, 0) is 27.2 Å². The van der Waals surface area contributed by atoms with Crippen LogP contribution in [0.3, 0.4) is 0 Å². The van der Waals surface area contributed by atoms with Crippen molar-refractivity contribution in [3.63, 3.8) is 0 Å². The van der Waals surface area contributed by atoms with Crippen LogP contribution in [0.1, 0.15) is 98.3 Å². The molecule has 2 aromatic rings. The van der Waals surface area contributed by atoms with E-state index in [1.165, 1.54) is 36.1 Å². The molecule has 1 fully saturated rings. The molecule has 0 saturated heterocycles. The Labute approximate surface area is 202 Å². The van der Waals surface area contributed by atoms with Gasteiger partial charge >= 0.3 is 5.97 Å². The molecule has 2 aromatic heterocycles. The molecule has 2 aliphatic rings. The van der Waals surface area contributed by atoms with Crippen molar-refractivity contribution in [1.82, 2.24) is 15.0 Å². The van der Waals surface area contributed by atoms with Crippen molar-refractivity contribution in [3.05, 3.63) is 46.7 Å². The third kappa shape index (κ3) is 6.39. The summed E-state index contributed by atoms with van der Waals surface area (Å²) < 4.78 is 5.23. The zero-order valence-corrected chi connectivity index (χ0v) is 20.4. The van der Waals surface area contributed by atoms with E-state index in [4.69, 9.17) is 9.72 Å². The number of rotatable bonds is 12. The van der Waals surface area contributed by atoms with E-state index in [9.17, 15) is 9.59 Å². The summed E-state index contributed by atoms with van der Waals surface area (Å²) in [5.41, 5.74) is 4.72. The third-order valence-corrected chi connectivity index (χ3v) is 6.75. The number of hydrogen-bond donors (Lipinski definition) is 1. The van der Waals surface area contributed by atoms with Crippen LogP contribution in [-0.4, -0.2) is 39.9 Å². The summed E-state index contributed by atoms with van der Waals surface area (Å²) >= 11 is 0. The van der Waals surface area contributed by atoms with Gasteiger partial charge in [0.15, 0.2) is 0 Å². The molecule has 0 bridgehead atoms. The molecule has 1 aliphatic heterocycles. The van der Waals surface area contributed by atoms with Crippen LogP contribution in [0.15, 0.2) is 18.5 Å². The predicted molar refractivity (Wildman–Crippen MR) is 131 cm³/mol. The Morgan fingerprint density at radius 3 is 2.71 bits per heavy atom. The fourth-order valence-corrected chi connectivity index (χ4v) is 4.68. The van der Waals surface area contributed by atoms with Crippen LogP contribution in [0, 0.1) is 6.92 Å². The largest absolute Gasteiger partial charge is 0.466 e. The van der Waals surface area contributed by atoms with Crippen molar-refractivity contribution < 1.29 is 14.3 Å². The highest BCUT2D eigenvalue weighted by Gasteiger charge is 2.28. The van der Waals surface area contributed by atoms with E-state index in [1.807, 2.05) is 0 Å². The SMILES string of the molecule is CCOC(=O)[C@H](CCC(=O)CCCCc1nc2c(cc1C1CC1)CCCN2)c1cnc(C)nc1. The Bertz CT molecular complexity index is 1000. The summed E-state index contributed by atoms with van der Waals surface area (Å²) in [6.07, 6.45) is 12.2. The number of fused-ring (bicyclic) bond motifs is 1. The van der Waals surface area contributed by atoms with Gasteiger partial charge in [0.2, 0.25) is 0 Å². The molecule has 1 N–H and O–H groups in total. The van der Waals surface area contributed by atoms with Crippen molar-refractivity contribution in [1.29, 1.82) is 0 Å². The number of nitrogens with one attached hydrogen (secondary N) is 1. The zero-order chi connectivity index (χ0) is 23.9. The summed E-state index contributed by atoms with van der Waals surface area (Å²) in [4.78, 5) is 38.4. The van der Waals surface area contributed by atoms with Gasteiger partial charge in [-0.3, -0.25) is 9.59 Å². The summed E-state index contributed by atoms with van der Waals surface area (Å²) in [6.45, 7) is 4.90. The number of aromatic nitrogens is 3. The molecular formula is C27H36N4O3. The maximum absolute atomic E-state index is 12.6. The Balaban J connectivity index is 1.27. The minimum Gasteiger partial charge on any atom is -0.466 e. The average Bonchev–Trinajstić information content (AvgIpc) is 3.68. The Morgan fingerprint density at radius 1 is 1.18 bits per heavy atom. The molecule has 7 nitrogen and oxygen atoms in total. The highest BCUT2D eigenvalue weighted by molar-refractivity contribution is 5.81. The lowest BCUT2D eigenvalue weighted by Gasteiger charge is -2.20. The van der Waals surface area contributed by atoms with Crippen LogP contribution >= 0.6 is 0 Å². The van der Waals surface area contributed by atoms with Crippen LogP contribution in [0.2, 0.25) is 0 Å². The van der Waals surface area contributed by atoms with E-state index in [1.54, 1.807) is 26.2 Å². The summed E-state index contributed by atoms with van der Waals surface area (Å²) in [5.74, 6) is 1.76. The minimum atomic E-state index is -0.502. The first-order valence-electron chi connectivity index (χ1n) is 12.8. The van der Waals surface area contributed by atoms with Gasteiger partial charge in [0.25, 0.3) is 0 Å². The van der Waals surface area contributed by atoms with E-state index in [0.717, 1.165) is 38.0 Å². The minimum absolute atomic E-state index is 0.185. The molecule has 0 aromatic carbocycles. The molecule has 0 amide bonds. The lowest BCUT2D eigenvalue weighted by atomic mass is 9.94. The second kappa shape index (κ2) is 11.5. The van der Waals surface area contributed by atoms with Gasteiger partial charge in [-0.05, 0) is 82.3 Å². The van der Waals surface area contributed by atoms with Crippen molar-refractivity contribution in [2.75, 3.05) is 18.5 Å². The van der Waals surface area contributed by atoms with E-state index >= 15 is 0 Å². The molecule has 182 valence electrons. The highest BCUT2D eigenvalue weighted by atomic mass is 16.5. The Kier molecular flexibility index (Phi) is 8.25. The summed E-state index contributed by atoms with van der Waals surface area (Å²) in [5, 5.41) is 3.45. The van der Waals surface area contributed by atoms with Gasteiger partial charge in [0.05, 0.1) is 12.5 Å². The number of ketones is 1. The highest BCUT2D eigenvalue weighted by Crippen LogP contribution is 2.43. The number of esters is 1. The number of aryl methyl sites for hydroxylation is 3. The molecule has 0 spiro atoms. The molecular weight excluding hydrogens is 428 g/mol. The smallest absolute Gasteiger partial charge is 0.313 e. The van der Waals surface area contributed by atoms with Crippen LogP contribution in [0.4, 0.5) is 5.82 Å². The molecule has 4 rings (SSSR count). The molecule has 3 heterocycles. The van der Waals surface area contributed by atoms with Crippen molar-refractivity contribution in [2.24, 2.45) is 0 Å². The first-order valence-corrected chi connectivity index (χ1v) is 12.8. The topological polar surface area (TPSA) is 94.1 Å². The van der Waals surface area contributed by atoms with E-state index in [-0.39, 0.29) is 11.8 Å². The van der Waals surface area contributed by atoms with Gasteiger partial charge in [0.1, 0.15) is 17.4 Å². The first-order chi connectivity index (χ1) is 16.5. The van der Waals surface area contributed by atoms with E-state index < -0.39 is 5.92 Å². The Morgan fingerprint density at radius 2 is 1.97 bits per heavy atom. The number of carbonyl (C=O) groups is 2. The fourth-order valence-electron chi connectivity index (χ4n) is 4.68. The van der Waals surface area contributed by atoms with Gasteiger partial charge in [-0.25, -0.2) is 15.0 Å². The van der Waals surface area contributed by atoms with Gasteiger partial charge in [-0.2, -0.15) is 0 Å².